The Morgan fingerprint density at radius 1 is 1.19 bits per heavy atom. The monoisotopic (exact) mass is 363 g/mol. The number of nitrogens with zero attached hydrogens (tertiary/aromatic N) is 3. The smallest absolute Gasteiger partial charge is 0.315 e. The molecule has 3 rings (SSSR count). The lowest BCUT2D eigenvalue weighted by molar-refractivity contribution is 0.0629. The molecule has 1 aliphatic carbocycles. The Morgan fingerprint density at radius 3 is 2.58 bits per heavy atom. The molecule has 2 aliphatic rings. The van der Waals surface area contributed by atoms with E-state index in [0.29, 0.717) is 37.1 Å². The lowest BCUT2D eigenvalue weighted by Crippen LogP contribution is -2.51. The highest BCUT2D eigenvalue weighted by Gasteiger charge is 2.24. The molecule has 1 saturated carbocycles. The van der Waals surface area contributed by atoms with Crippen LogP contribution < -0.4 is 10.6 Å². The van der Waals surface area contributed by atoms with Crippen molar-refractivity contribution >= 4 is 11.9 Å². The predicted molar refractivity (Wildman–Crippen MR) is 97.0 cm³/mol. The van der Waals surface area contributed by atoms with Gasteiger partial charge in [-0.2, -0.15) is 0 Å². The van der Waals surface area contributed by atoms with Crippen molar-refractivity contribution in [2.24, 2.45) is 0 Å². The molecule has 0 aromatic carbocycles. The SMILES string of the molecule is Cc1cc(C(=O)N2CCN(CCNC(=O)NC3CCCCC3)CC2)no1. The van der Waals surface area contributed by atoms with Crippen LogP contribution in [0, 0.1) is 6.92 Å². The number of hydrogen-bond donors (Lipinski definition) is 2. The number of hydrogen-bond acceptors (Lipinski definition) is 5. The van der Waals surface area contributed by atoms with Crippen molar-refractivity contribution in [2.45, 2.75) is 45.1 Å². The van der Waals surface area contributed by atoms with Crippen LogP contribution in [0.1, 0.15) is 48.4 Å². The van der Waals surface area contributed by atoms with Crippen molar-refractivity contribution in [1.29, 1.82) is 0 Å². The van der Waals surface area contributed by atoms with E-state index in [-0.39, 0.29) is 11.9 Å². The number of carbonyl (C=O) groups is 2. The maximum Gasteiger partial charge on any atom is 0.315 e. The van der Waals surface area contributed by atoms with E-state index >= 15 is 0 Å². The minimum absolute atomic E-state index is 0.0629. The molecule has 144 valence electrons. The third-order valence-corrected chi connectivity index (χ3v) is 5.16. The molecular weight excluding hydrogens is 334 g/mol. The van der Waals surface area contributed by atoms with Gasteiger partial charge in [0.2, 0.25) is 0 Å². The van der Waals surface area contributed by atoms with Gasteiger partial charge in [-0.15, -0.1) is 0 Å². The zero-order chi connectivity index (χ0) is 18.4. The first-order chi connectivity index (χ1) is 12.6. The van der Waals surface area contributed by atoms with Crippen molar-refractivity contribution in [1.82, 2.24) is 25.6 Å². The van der Waals surface area contributed by atoms with E-state index in [4.69, 9.17) is 4.52 Å². The van der Waals surface area contributed by atoms with Crippen LogP contribution in [0.2, 0.25) is 0 Å². The van der Waals surface area contributed by atoms with Crippen LogP contribution in [0.3, 0.4) is 0 Å². The van der Waals surface area contributed by atoms with Gasteiger partial charge in [0.05, 0.1) is 0 Å². The Kier molecular flexibility index (Phi) is 6.49. The molecule has 2 heterocycles. The van der Waals surface area contributed by atoms with E-state index in [1.165, 1.54) is 19.3 Å². The Hall–Kier alpha value is -2.09. The van der Waals surface area contributed by atoms with Crippen molar-refractivity contribution in [3.63, 3.8) is 0 Å². The minimum Gasteiger partial charge on any atom is -0.361 e. The summed E-state index contributed by atoms with van der Waals surface area (Å²) in [5, 5.41) is 9.80. The van der Waals surface area contributed by atoms with E-state index in [0.717, 1.165) is 32.5 Å². The van der Waals surface area contributed by atoms with Gasteiger partial charge in [0.1, 0.15) is 5.76 Å². The summed E-state index contributed by atoms with van der Waals surface area (Å²) in [6.45, 7) is 6.12. The Balaban J connectivity index is 1.31. The number of rotatable bonds is 5. The fourth-order valence-electron chi connectivity index (χ4n) is 3.61. The van der Waals surface area contributed by atoms with Gasteiger partial charge >= 0.3 is 6.03 Å². The van der Waals surface area contributed by atoms with Gasteiger partial charge in [-0.25, -0.2) is 4.79 Å². The number of aryl methyl sites for hydroxylation is 1. The van der Waals surface area contributed by atoms with E-state index in [1.807, 2.05) is 0 Å². The highest BCUT2D eigenvalue weighted by Crippen LogP contribution is 2.17. The molecule has 1 aromatic rings. The number of piperazine rings is 1. The third kappa shape index (κ3) is 5.20. The van der Waals surface area contributed by atoms with Crippen LogP contribution in [-0.4, -0.2) is 72.2 Å². The number of aromatic nitrogens is 1. The van der Waals surface area contributed by atoms with Gasteiger partial charge in [-0.1, -0.05) is 24.4 Å². The summed E-state index contributed by atoms with van der Waals surface area (Å²) < 4.78 is 4.97. The Labute approximate surface area is 154 Å². The van der Waals surface area contributed by atoms with Gasteiger partial charge in [-0.05, 0) is 19.8 Å². The maximum atomic E-state index is 12.3. The molecule has 1 saturated heterocycles. The predicted octanol–water partition coefficient (Wildman–Crippen LogP) is 1.37. The summed E-state index contributed by atoms with van der Waals surface area (Å²) in [5.74, 6) is 0.566. The molecule has 2 N–H and O–H groups in total. The average Bonchev–Trinajstić information content (AvgIpc) is 3.09. The largest absolute Gasteiger partial charge is 0.361 e. The van der Waals surface area contributed by atoms with Crippen LogP contribution >= 0.6 is 0 Å². The normalized spacial score (nSPS) is 19.3. The Morgan fingerprint density at radius 2 is 1.92 bits per heavy atom. The number of carbonyl (C=O) groups excluding carboxylic acids is 2. The fraction of sp³-hybridized carbons (Fsp3) is 0.722. The molecule has 0 atom stereocenters. The zero-order valence-electron chi connectivity index (χ0n) is 15.5. The van der Waals surface area contributed by atoms with Crippen LogP contribution in [-0.2, 0) is 0 Å². The van der Waals surface area contributed by atoms with Gasteiger partial charge in [0.25, 0.3) is 5.91 Å². The number of nitrogens with one attached hydrogen (secondary N) is 2. The first-order valence-electron chi connectivity index (χ1n) is 9.61. The Bertz CT molecular complexity index is 604. The molecule has 8 heteroatoms. The molecule has 1 aliphatic heterocycles. The molecule has 26 heavy (non-hydrogen) atoms. The van der Waals surface area contributed by atoms with E-state index < -0.39 is 0 Å². The van der Waals surface area contributed by atoms with Crippen LogP contribution in [0.15, 0.2) is 10.6 Å². The quantitative estimate of drug-likeness (QED) is 0.825. The second-order valence-electron chi connectivity index (χ2n) is 7.19. The maximum absolute atomic E-state index is 12.3. The second kappa shape index (κ2) is 9.02. The zero-order valence-corrected chi connectivity index (χ0v) is 15.5. The standard InChI is InChI=1S/C18H29N5O3/c1-14-13-16(21-26-14)17(24)23-11-9-22(10-12-23)8-7-19-18(25)20-15-5-3-2-4-6-15/h13,15H,2-12H2,1H3,(H2,19,20,25). The first kappa shape index (κ1) is 18.7. The van der Waals surface area contributed by atoms with E-state index in [9.17, 15) is 9.59 Å². The van der Waals surface area contributed by atoms with Gasteiger partial charge < -0.3 is 20.1 Å². The van der Waals surface area contributed by atoms with Gasteiger partial charge in [0, 0.05) is 51.4 Å². The molecule has 3 amide bonds. The average molecular weight is 363 g/mol. The molecule has 0 spiro atoms. The van der Waals surface area contributed by atoms with Crippen molar-refractivity contribution in [3.05, 3.63) is 17.5 Å². The van der Waals surface area contributed by atoms with Crippen molar-refractivity contribution in [3.8, 4) is 0 Å². The highest BCUT2D eigenvalue weighted by molar-refractivity contribution is 5.92. The van der Waals surface area contributed by atoms with E-state index in [2.05, 4.69) is 20.7 Å². The molecule has 8 nitrogen and oxygen atoms in total. The summed E-state index contributed by atoms with van der Waals surface area (Å²) in [4.78, 5) is 28.3. The minimum atomic E-state index is -0.0773. The highest BCUT2D eigenvalue weighted by atomic mass is 16.5. The van der Waals surface area contributed by atoms with Gasteiger partial charge in [-0.3, -0.25) is 9.69 Å². The molecule has 0 radical (unpaired) electrons. The summed E-state index contributed by atoms with van der Waals surface area (Å²) >= 11 is 0. The first-order valence-corrected chi connectivity index (χ1v) is 9.61. The second-order valence-corrected chi connectivity index (χ2v) is 7.19. The van der Waals surface area contributed by atoms with Crippen molar-refractivity contribution in [2.75, 3.05) is 39.3 Å². The summed E-state index contributed by atoms with van der Waals surface area (Å²) in [6, 6.07) is 1.94. The molecule has 1 aromatic heterocycles. The lowest BCUT2D eigenvalue weighted by atomic mass is 9.96. The summed E-state index contributed by atoms with van der Waals surface area (Å²) in [7, 11) is 0. The topological polar surface area (TPSA) is 90.7 Å². The fourth-order valence-corrected chi connectivity index (χ4v) is 3.61. The molecular formula is C18H29N5O3. The van der Waals surface area contributed by atoms with Crippen molar-refractivity contribution < 1.29 is 14.1 Å². The number of urea groups is 1. The lowest BCUT2D eigenvalue weighted by Gasteiger charge is -2.34. The van der Waals surface area contributed by atoms with Gasteiger partial charge in [0.15, 0.2) is 5.69 Å². The number of amides is 3. The van der Waals surface area contributed by atoms with E-state index in [1.54, 1.807) is 17.9 Å². The molecule has 0 bridgehead atoms. The van der Waals surface area contributed by atoms with Crippen LogP contribution in [0.5, 0.6) is 0 Å². The van der Waals surface area contributed by atoms with Crippen LogP contribution in [0.4, 0.5) is 4.79 Å². The summed E-state index contributed by atoms with van der Waals surface area (Å²) in [6.07, 6.45) is 5.89. The van der Waals surface area contributed by atoms with Crippen LogP contribution in [0.25, 0.3) is 0 Å². The summed E-state index contributed by atoms with van der Waals surface area (Å²) in [5.41, 5.74) is 0.372. The third-order valence-electron chi connectivity index (χ3n) is 5.16. The molecule has 0 unspecified atom stereocenters. The molecule has 2 fully saturated rings.